The van der Waals surface area contributed by atoms with Gasteiger partial charge in [0, 0.05) is 28.7 Å². The van der Waals surface area contributed by atoms with Gasteiger partial charge < -0.3 is 4.90 Å². The van der Waals surface area contributed by atoms with E-state index >= 15 is 0 Å². The number of rotatable bonds is 5. The van der Waals surface area contributed by atoms with E-state index in [-0.39, 0.29) is 21.5 Å². The summed E-state index contributed by atoms with van der Waals surface area (Å²) in [6, 6.07) is 18.5. The van der Waals surface area contributed by atoms with E-state index in [4.69, 9.17) is 23.2 Å². The molecule has 0 fully saturated rings. The van der Waals surface area contributed by atoms with Crippen LogP contribution in [0.1, 0.15) is 38.5 Å². The molecule has 3 aromatic carbocycles. The number of nitrogens with zero attached hydrogens (tertiary/aromatic N) is 1. The molecule has 0 bridgehead atoms. The zero-order valence-corrected chi connectivity index (χ0v) is 18.3. The summed E-state index contributed by atoms with van der Waals surface area (Å²) in [5.41, 5.74) is 3.21. The third-order valence-electron chi connectivity index (χ3n) is 5.33. The van der Waals surface area contributed by atoms with Crippen molar-refractivity contribution in [3.63, 3.8) is 0 Å². The van der Waals surface area contributed by atoms with E-state index in [0.717, 1.165) is 17.2 Å². The molecule has 3 aromatic rings. The van der Waals surface area contributed by atoms with Crippen LogP contribution in [0, 0.1) is 0 Å². The van der Waals surface area contributed by atoms with Crippen molar-refractivity contribution >= 4 is 35.2 Å². The van der Waals surface area contributed by atoms with Gasteiger partial charge in [0.2, 0.25) is 0 Å². The van der Waals surface area contributed by atoms with Crippen molar-refractivity contribution in [1.29, 1.82) is 0 Å². The van der Waals surface area contributed by atoms with Gasteiger partial charge in [-0.3, -0.25) is 4.79 Å². The summed E-state index contributed by atoms with van der Waals surface area (Å²) < 4.78 is 40.9. The Morgan fingerprint density at radius 2 is 1.62 bits per heavy atom. The zero-order chi connectivity index (χ0) is 22.9. The van der Waals surface area contributed by atoms with Crippen molar-refractivity contribution in [1.82, 2.24) is 4.90 Å². The fourth-order valence-corrected chi connectivity index (χ4v) is 4.31. The SMILES string of the molecule is O=C1c2ccccc2CN1Cc1ccc(C=CC(c2cc(Cl)cc(Cl)c2)C(F)(F)F)cc1. The Bertz CT molecular complexity index is 1150. The number of halogens is 5. The Morgan fingerprint density at radius 1 is 0.969 bits per heavy atom. The molecule has 2 nitrogen and oxygen atoms in total. The van der Waals surface area contributed by atoms with Crippen molar-refractivity contribution in [2.75, 3.05) is 0 Å². The second kappa shape index (κ2) is 9.00. The van der Waals surface area contributed by atoms with E-state index in [1.54, 1.807) is 17.0 Å². The van der Waals surface area contributed by atoms with Crippen molar-refractivity contribution in [2.24, 2.45) is 0 Å². The summed E-state index contributed by atoms with van der Waals surface area (Å²) in [6.45, 7) is 0.982. The number of hydrogen-bond acceptors (Lipinski definition) is 1. The van der Waals surface area contributed by atoms with Gasteiger partial charge in [0.15, 0.2) is 0 Å². The fourth-order valence-electron chi connectivity index (χ4n) is 3.77. The highest BCUT2D eigenvalue weighted by Gasteiger charge is 2.39. The lowest BCUT2D eigenvalue weighted by atomic mass is 9.97. The second-order valence-corrected chi connectivity index (χ2v) is 8.51. The predicted octanol–water partition coefficient (Wildman–Crippen LogP) is 7.51. The number of carbonyl (C=O) groups excluding carboxylic acids is 1. The monoisotopic (exact) mass is 475 g/mol. The summed E-state index contributed by atoms with van der Waals surface area (Å²) in [5.74, 6) is -1.85. The summed E-state index contributed by atoms with van der Waals surface area (Å²) in [4.78, 5) is 14.3. The summed E-state index contributed by atoms with van der Waals surface area (Å²) in [6.07, 6.45) is -1.97. The van der Waals surface area contributed by atoms with E-state index in [2.05, 4.69) is 0 Å². The van der Waals surface area contributed by atoms with Gasteiger partial charge >= 0.3 is 6.18 Å². The molecule has 0 saturated carbocycles. The van der Waals surface area contributed by atoms with Crippen LogP contribution in [-0.4, -0.2) is 17.0 Å². The van der Waals surface area contributed by atoms with Gasteiger partial charge in [-0.05, 0) is 46.5 Å². The van der Waals surface area contributed by atoms with E-state index < -0.39 is 12.1 Å². The third kappa shape index (κ3) is 5.00. The minimum atomic E-state index is -4.49. The lowest BCUT2D eigenvalue weighted by molar-refractivity contribution is -0.139. The van der Waals surface area contributed by atoms with Crippen molar-refractivity contribution in [2.45, 2.75) is 25.2 Å². The first-order valence-corrected chi connectivity index (χ1v) is 10.6. The highest BCUT2D eigenvalue weighted by atomic mass is 35.5. The summed E-state index contributed by atoms with van der Waals surface area (Å²) in [7, 11) is 0. The molecule has 7 heteroatoms. The zero-order valence-electron chi connectivity index (χ0n) is 16.7. The average Bonchev–Trinajstić information content (AvgIpc) is 3.03. The maximum absolute atomic E-state index is 13.6. The van der Waals surface area contributed by atoms with Gasteiger partial charge in [-0.2, -0.15) is 13.2 Å². The Hall–Kier alpha value is -2.76. The van der Waals surface area contributed by atoms with E-state index in [1.807, 2.05) is 36.4 Å². The fraction of sp³-hybridized carbons (Fsp3) is 0.160. The molecule has 32 heavy (non-hydrogen) atoms. The van der Waals surface area contributed by atoms with Crippen LogP contribution in [0.15, 0.2) is 72.8 Å². The number of alkyl halides is 3. The van der Waals surface area contributed by atoms with Gasteiger partial charge in [-0.1, -0.05) is 77.8 Å². The molecule has 1 aliphatic heterocycles. The predicted molar refractivity (Wildman–Crippen MR) is 121 cm³/mol. The van der Waals surface area contributed by atoms with Gasteiger partial charge in [0.1, 0.15) is 0 Å². The minimum absolute atomic E-state index is 0.0159. The molecule has 1 unspecified atom stereocenters. The van der Waals surface area contributed by atoms with Gasteiger partial charge in [-0.15, -0.1) is 0 Å². The molecular weight excluding hydrogens is 458 g/mol. The van der Waals surface area contributed by atoms with Gasteiger partial charge in [-0.25, -0.2) is 0 Å². The Labute approximate surface area is 193 Å². The van der Waals surface area contributed by atoms with Crippen LogP contribution < -0.4 is 0 Å². The normalized spacial score (nSPS) is 14.8. The standard InChI is InChI=1S/C25H18Cl2F3NO/c26-20-11-19(12-21(27)13-20)23(25(28,29)30)10-9-16-5-7-17(8-6-16)14-31-15-18-3-1-2-4-22(18)24(31)32/h1-13,23H,14-15H2. The molecule has 0 saturated heterocycles. The Balaban J connectivity index is 1.48. The van der Waals surface area contributed by atoms with E-state index in [0.29, 0.717) is 24.2 Å². The smallest absolute Gasteiger partial charge is 0.330 e. The van der Waals surface area contributed by atoms with Crippen LogP contribution in [0.2, 0.25) is 10.0 Å². The van der Waals surface area contributed by atoms with E-state index in [9.17, 15) is 18.0 Å². The molecular formula is C25H18Cl2F3NO. The van der Waals surface area contributed by atoms with E-state index in [1.165, 1.54) is 24.3 Å². The topological polar surface area (TPSA) is 20.3 Å². The Morgan fingerprint density at radius 3 is 2.25 bits per heavy atom. The maximum Gasteiger partial charge on any atom is 0.399 e. The number of amides is 1. The number of carbonyl (C=O) groups is 1. The van der Waals surface area contributed by atoms with Crippen molar-refractivity contribution in [3.05, 3.63) is 111 Å². The van der Waals surface area contributed by atoms with Crippen LogP contribution in [0.3, 0.4) is 0 Å². The quantitative estimate of drug-likeness (QED) is 0.373. The Kier molecular flexibility index (Phi) is 6.31. The molecule has 0 aliphatic carbocycles. The highest BCUT2D eigenvalue weighted by molar-refractivity contribution is 6.34. The number of benzene rings is 3. The molecule has 0 spiro atoms. The first kappa shape index (κ1) is 22.4. The molecule has 0 aromatic heterocycles. The molecule has 164 valence electrons. The van der Waals surface area contributed by atoms with Crippen LogP contribution in [0.25, 0.3) is 6.08 Å². The van der Waals surface area contributed by atoms with Crippen molar-refractivity contribution < 1.29 is 18.0 Å². The van der Waals surface area contributed by atoms with Crippen LogP contribution >= 0.6 is 23.2 Å². The molecule has 1 heterocycles. The van der Waals surface area contributed by atoms with Crippen LogP contribution in [0.4, 0.5) is 13.2 Å². The maximum atomic E-state index is 13.6. The highest BCUT2D eigenvalue weighted by Crippen LogP contribution is 2.38. The van der Waals surface area contributed by atoms with Gasteiger partial charge in [0.05, 0.1) is 5.92 Å². The second-order valence-electron chi connectivity index (χ2n) is 7.64. The molecule has 1 amide bonds. The minimum Gasteiger partial charge on any atom is -0.330 e. The molecule has 1 aliphatic rings. The lowest BCUT2D eigenvalue weighted by Crippen LogP contribution is -2.23. The molecule has 1 atom stereocenters. The molecule has 0 radical (unpaired) electrons. The lowest BCUT2D eigenvalue weighted by Gasteiger charge is -2.18. The summed E-state index contributed by atoms with van der Waals surface area (Å²) in [5, 5.41) is 0.302. The number of allylic oxidation sites excluding steroid dienone is 1. The van der Waals surface area contributed by atoms with Gasteiger partial charge in [0.25, 0.3) is 5.91 Å². The first-order chi connectivity index (χ1) is 15.2. The van der Waals surface area contributed by atoms with Crippen LogP contribution in [0.5, 0.6) is 0 Å². The largest absolute Gasteiger partial charge is 0.399 e. The first-order valence-electron chi connectivity index (χ1n) is 9.88. The number of fused-ring (bicyclic) bond motifs is 1. The molecule has 0 N–H and O–H groups in total. The third-order valence-corrected chi connectivity index (χ3v) is 5.76. The van der Waals surface area contributed by atoms with Crippen LogP contribution in [-0.2, 0) is 13.1 Å². The average molecular weight is 476 g/mol. The molecule has 4 rings (SSSR count). The number of hydrogen-bond donors (Lipinski definition) is 0. The summed E-state index contributed by atoms with van der Waals surface area (Å²) >= 11 is 11.8. The van der Waals surface area contributed by atoms with Crippen molar-refractivity contribution in [3.8, 4) is 0 Å².